The molecule has 1 fully saturated rings. The van der Waals surface area contributed by atoms with Crippen LogP contribution in [0.3, 0.4) is 0 Å². The smallest absolute Gasteiger partial charge is 0.237 e. The van der Waals surface area contributed by atoms with Gasteiger partial charge in [0.2, 0.25) is 5.91 Å². The SMILES string of the molecule is CC(C)C(N)C(=O)NC1CCOC(C)(C)C1. The summed E-state index contributed by atoms with van der Waals surface area (Å²) in [4.78, 5) is 11.8. The first kappa shape index (κ1) is 13.5. The van der Waals surface area contributed by atoms with Crippen LogP contribution in [0, 0.1) is 5.92 Å². The highest BCUT2D eigenvalue weighted by Gasteiger charge is 2.30. The van der Waals surface area contributed by atoms with E-state index in [0.717, 1.165) is 12.8 Å². The topological polar surface area (TPSA) is 64.4 Å². The summed E-state index contributed by atoms with van der Waals surface area (Å²) in [5, 5.41) is 3.01. The van der Waals surface area contributed by atoms with Crippen molar-refractivity contribution in [1.29, 1.82) is 0 Å². The summed E-state index contributed by atoms with van der Waals surface area (Å²) in [5.74, 6) is 0.130. The van der Waals surface area contributed by atoms with Crippen LogP contribution in [-0.2, 0) is 9.53 Å². The van der Waals surface area contributed by atoms with Crippen molar-refractivity contribution in [1.82, 2.24) is 5.32 Å². The summed E-state index contributed by atoms with van der Waals surface area (Å²) in [6.07, 6.45) is 1.73. The Morgan fingerprint density at radius 2 is 2.12 bits per heavy atom. The van der Waals surface area contributed by atoms with E-state index >= 15 is 0 Å². The van der Waals surface area contributed by atoms with Crippen LogP contribution in [0.5, 0.6) is 0 Å². The zero-order valence-corrected chi connectivity index (χ0v) is 10.7. The lowest BCUT2D eigenvalue weighted by Crippen LogP contribution is -2.51. The van der Waals surface area contributed by atoms with Crippen LogP contribution in [0.4, 0.5) is 0 Å². The number of amides is 1. The standard InChI is InChI=1S/C12H24N2O2/c1-8(2)10(13)11(15)14-9-5-6-16-12(3,4)7-9/h8-10H,5-7,13H2,1-4H3,(H,14,15). The maximum Gasteiger partial charge on any atom is 0.237 e. The quantitative estimate of drug-likeness (QED) is 0.758. The first-order valence-corrected chi connectivity index (χ1v) is 6.02. The summed E-state index contributed by atoms with van der Waals surface area (Å²) in [5.41, 5.74) is 5.66. The molecule has 0 radical (unpaired) electrons. The minimum absolute atomic E-state index is 0.0438. The van der Waals surface area contributed by atoms with Crippen molar-refractivity contribution in [3.05, 3.63) is 0 Å². The van der Waals surface area contributed by atoms with Gasteiger partial charge in [-0.25, -0.2) is 0 Å². The Hall–Kier alpha value is -0.610. The predicted octanol–water partition coefficient (Wildman–Crippen LogP) is 1.04. The van der Waals surface area contributed by atoms with Crippen molar-refractivity contribution < 1.29 is 9.53 Å². The molecule has 0 aliphatic carbocycles. The van der Waals surface area contributed by atoms with Gasteiger partial charge in [0.1, 0.15) is 0 Å². The fourth-order valence-electron chi connectivity index (χ4n) is 1.96. The van der Waals surface area contributed by atoms with Gasteiger partial charge in [0.25, 0.3) is 0 Å². The summed E-state index contributed by atoms with van der Waals surface area (Å²) in [6.45, 7) is 8.71. The second-order valence-electron chi connectivity index (χ2n) is 5.58. The summed E-state index contributed by atoms with van der Waals surface area (Å²) >= 11 is 0. The lowest BCUT2D eigenvalue weighted by molar-refractivity contribution is -0.126. The molecule has 0 aromatic carbocycles. The van der Waals surface area contributed by atoms with Crippen molar-refractivity contribution >= 4 is 5.91 Å². The van der Waals surface area contributed by atoms with Gasteiger partial charge in [-0.3, -0.25) is 4.79 Å². The second kappa shape index (κ2) is 5.15. The molecule has 1 amide bonds. The minimum atomic E-state index is -0.411. The molecular formula is C12H24N2O2. The average molecular weight is 228 g/mol. The molecule has 0 bridgehead atoms. The Kier molecular flexibility index (Phi) is 4.33. The van der Waals surface area contributed by atoms with Crippen molar-refractivity contribution in [3.8, 4) is 0 Å². The molecule has 2 atom stereocenters. The molecule has 4 nitrogen and oxygen atoms in total. The van der Waals surface area contributed by atoms with E-state index in [1.807, 2.05) is 27.7 Å². The van der Waals surface area contributed by atoms with Gasteiger partial charge in [0.15, 0.2) is 0 Å². The maximum absolute atomic E-state index is 11.8. The number of carbonyl (C=O) groups excluding carboxylic acids is 1. The van der Waals surface area contributed by atoms with Gasteiger partial charge in [-0.15, -0.1) is 0 Å². The van der Waals surface area contributed by atoms with E-state index in [0.29, 0.717) is 6.61 Å². The average Bonchev–Trinajstić information content (AvgIpc) is 2.14. The monoisotopic (exact) mass is 228 g/mol. The van der Waals surface area contributed by atoms with Crippen LogP contribution >= 0.6 is 0 Å². The first-order chi connectivity index (χ1) is 7.32. The zero-order chi connectivity index (χ0) is 12.3. The van der Waals surface area contributed by atoms with E-state index in [4.69, 9.17) is 10.5 Å². The van der Waals surface area contributed by atoms with Crippen LogP contribution in [0.1, 0.15) is 40.5 Å². The Labute approximate surface area is 97.9 Å². The molecule has 1 heterocycles. The van der Waals surface area contributed by atoms with Crippen LogP contribution in [0.15, 0.2) is 0 Å². The minimum Gasteiger partial charge on any atom is -0.375 e. The first-order valence-electron chi connectivity index (χ1n) is 6.02. The number of nitrogens with two attached hydrogens (primary N) is 1. The lowest BCUT2D eigenvalue weighted by Gasteiger charge is -2.36. The van der Waals surface area contributed by atoms with Crippen LogP contribution in [0.25, 0.3) is 0 Å². The van der Waals surface area contributed by atoms with Crippen molar-refractivity contribution in [2.24, 2.45) is 11.7 Å². The third-order valence-electron chi connectivity index (χ3n) is 3.06. The Balaban J connectivity index is 2.45. The number of carbonyl (C=O) groups is 1. The summed E-state index contributed by atoms with van der Waals surface area (Å²) in [7, 11) is 0. The number of nitrogens with one attached hydrogen (secondary N) is 1. The highest BCUT2D eigenvalue weighted by Crippen LogP contribution is 2.23. The second-order valence-corrected chi connectivity index (χ2v) is 5.58. The molecular weight excluding hydrogens is 204 g/mol. The fraction of sp³-hybridized carbons (Fsp3) is 0.917. The molecule has 94 valence electrons. The molecule has 1 aliphatic heterocycles. The van der Waals surface area contributed by atoms with Gasteiger partial charge in [-0.1, -0.05) is 13.8 Å². The van der Waals surface area contributed by atoms with Crippen molar-refractivity contribution in [2.75, 3.05) is 6.61 Å². The fourth-order valence-corrected chi connectivity index (χ4v) is 1.96. The Bertz CT molecular complexity index is 251. The molecule has 1 saturated heterocycles. The van der Waals surface area contributed by atoms with E-state index in [1.165, 1.54) is 0 Å². The van der Waals surface area contributed by atoms with Gasteiger partial charge in [-0.05, 0) is 32.6 Å². The highest BCUT2D eigenvalue weighted by atomic mass is 16.5. The maximum atomic E-state index is 11.8. The van der Waals surface area contributed by atoms with Gasteiger partial charge in [0, 0.05) is 12.6 Å². The third kappa shape index (κ3) is 3.76. The van der Waals surface area contributed by atoms with Crippen LogP contribution in [0.2, 0.25) is 0 Å². The number of ether oxygens (including phenoxy) is 1. The molecule has 2 unspecified atom stereocenters. The van der Waals surface area contributed by atoms with Crippen molar-refractivity contribution in [3.63, 3.8) is 0 Å². The molecule has 0 saturated carbocycles. The molecule has 4 heteroatoms. The number of rotatable bonds is 3. The molecule has 1 aliphatic rings. The molecule has 1 rings (SSSR count). The van der Waals surface area contributed by atoms with E-state index < -0.39 is 6.04 Å². The summed E-state index contributed by atoms with van der Waals surface area (Å²) in [6, 6.07) is -0.216. The number of hydrogen-bond acceptors (Lipinski definition) is 3. The normalized spacial score (nSPS) is 26.5. The Morgan fingerprint density at radius 1 is 1.50 bits per heavy atom. The lowest BCUT2D eigenvalue weighted by atomic mass is 9.93. The molecule has 3 N–H and O–H groups in total. The molecule has 0 aromatic rings. The van der Waals surface area contributed by atoms with Gasteiger partial charge < -0.3 is 15.8 Å². The molecule has 0 aromatic heterocycles. The zero-order valence-electron chi connectivity index (χ0n) is 10.7. The van der Waals surface area contributed by atoms with E-state index in [9.17, 15) is 4.79 Å². The van der Waals surface area contributed by atoms with E-state index in [1.54, 1.807) is 0 Å². The largest absolute Gasteiger partial charge is 0.375 e. The molecule has 0 spiro atoms. The van der Waals surface area contributed by atoms with Gasteiger partial charge in [-0.2, -0.15) is 0 Å². The highest BCUT2D eigenvalue weighted by molar-refractivity contribution is 5.82. The van der Waals surface area contributed by atoms with Gasteiger partial charge >= 0.3 is 0 Å². The predicted molar refractivity (Wildman–Crippen MR) is 64.0 cm³/mol. The van der Waals surface area contributed by atoms with Gasteiger partial charge in [0.05, 0.1) is 11.6 Å². The third-order valence-corrected chi connectivity index (χ3v) is 3.06. The van der Waals surface area contributed by atoms with Crippen LogP contribution in [-0.4, -0.2) is 30.2 Å². The van der Waals surface area contributed by atoms with E-state index in [-0.39, 0.29) is 23.5 Å². The Morgan fingerprint density at radius 3 is 2.62 bits per heavy atom. The van der Waals surface area contributed by atoms with Crippen LogP contribution < -0.4 is 11.1 Å². The van der Waals surface area contributed by atoms with E-state index in [2.05, 4.69) is 5.32 Å². The molecule has 16 heavy (non-hydrogen) atoms. The summed E-state index contributed by atoms with van der Waals surface area (Å²) < 4.78 is 5.60. The van der Waals surface area contributed by atoms with Crippen molar-refractivity contribution in [2.45, 2.75) is 58.2 Å². The number of hydrogen-bond donors (Lipinski definition) is 2.